The van der Waals surface area contributed by atoms with Crippen molar-refractivity contribution >= 4 is 50.6 Å². The fourth-order valence-electron chi connectivity index (χ4n) is 5.61. The molecule has 40 heavy (non-hydrogen) atoms. The molecule has 2 aliphatic heterocycles. The number of hydrogen-bond acceptors (Lipinski definition) is 9. The highest BCUT2D eigenvalue weighted by atomic mass is 35.5. The van der Waals surface area contributed by atoms with Crippen LogP contribution in [0, 0.1) is 0 Å². The van der Waals surface area contributed by atoms with Crippen molar-refractivity contribution in [1.82, 2.24) is 25.1 Å². The number of carbonyl (C=O) groups excluding carboxylic acids is 1. The van der Waals surface area contributed by atoms with E-state index in [1.165, 1.54) is 5.56 Å². The van der Waals surface area contributed by atoms with Gasteiger partial charge in [-0.25, -0.2) is 18.4 Å². The van der Waals surface area contributed by atoms with E-state index in [9.17, 15) is 13.2 Å². The minimum Gasteiger partial charge on any atom is -0.382 e. The highest BCUT2D eigenvalue weighted by Gasteiger charge is 2.35. The zero-order valence-electron chi connectivity index (χ0n) is 23.2. The molecule has 0 aliphatic carbocycles. The molecule has 0 unspecified atom stereocenters. The standard InChI is InChI=1S/C27H39Cl2N7O3S/c1-3-4-22-18-35(26-24(29)32-23(25(30)33-26)27(37)31-11-16-40(2,38)39)14-15-36(22)21-9-12-34(13-10-21)17-19-5-7-20(28)8-6-19/h5-8,21-22H,3-4,9-18H2,1-2H3,(H2,30,33)(H,31,37)/t22-/m0/s1. The predicted octanol–water partition coefficient (Wildman–Crippen LogP) is 3.10. The second-order valence-corrected chi connectivity index (χ2v) is 13.8. The fraction of sp³-hybridized carbons (Fsp3) is 0.593. The number of nitrogens with two attached hydrogens (primary N) is 1. The molecule has 2 aromatic rings. The van der Waals surface area contributed by atoms with Gasteiger partial charge in [0.25, 0.3) is 5.91 Å². The Balaban J connectivity index is 1.36. The maximum absolute atomic E-state index is 12.5. The SMILES string of the molecule is CCC[C@H]1CN(c2nc(N)c(C(=O)NCCS(C)(=O)=O)nc2Cl)CCN1C1CCN(Cc2ccc(Cl)cc2)CC1. The highest BCUT2D eigenvalue weighted by Crippen LogP contribution is 2.30. The summed E-state index contributed by atoms with van der Waals surface area (Å²) in [5.41, 5.74) is 7.30. The van der Waals surface area contributed by atoms with Crippen molar-refractivity contribution in [3.63, 3.8) is 0 Å². The van der Waals surface area contributed by atoms with Crippen molar-refractivity contribution in [2.75, 3.05) is 61.9 Å². The van der Waals surface area contributed by atoms with E-state index in [1.807, 2.05) is 12.1 Å². The Kier molecular flexibility index (Phi) is 10.5. The summed E-state index contributed by atoms with van der Waals surface area (Å²) >= 11 is 12.5. The number of rotatable bonds is 10. The number of nitrogen functional groups attached to an aromatic ring is 1. The van der Waals surface area contributed by atoms with Gasteiger partial charge in [0, 0.05) is 56.1 Å². The van der Waals surface area contributed by atoms with Crippen molar-refractivity contribution < 1.29 is 13.2 Å². The summed E-state index contributed by atoms with van der Waals surface area (Å²) in [6.07, 6.45) is 5.49. The van der Waals surface area contributed by atoms with E-state index in [0.29, 0.717) is 17.9 Å². The number of piperidine rings is 1. The summed E-state index contributed by atoms with van der Waals surface area (Å²) in [6.45, 7) is 7.61. The average molecular weight is 613 g/mol. The lowest BCUT2D eigenvalue weighted by molar-refractivity contribution is 0.0589. The number of benzene rings is 1. The zero-order chi connectivity index (χ0) is 28.9. The lowest BCUT2D eigenvalue weighted by Gasteiger charge is -2.48. The van der Waals surface area contributed by atoms with Crippen LogP contribution in [-0.2, 0) is 16.4 Å². The number of nitrogens with one attached hydrogen (secondary N) is 1. The van der Waals surface area contributed by atoms with Crippen LogP contribution in [0.15, 0.2) is 24.3 Å². The fourth-order valence-corrected chi connectivity index (χ4v) is 6.46. The minimum atomic E-state index is -3.21. The van der Waals surface area contributed by atoms with Gasteiger partial charge in [0.1, 0.15) is 9.84 Å². The zero-order valence-corrected chi connectivity index (χ0v) is 25.5. The van der Waals surface area contributed by atoms with Crippen LogP contribution in [0.25, 0.3) is 0 Å². The number of hydrogen-bond donors (Lipinski definition) is 2. The first-order valence-electron chi connectivity index (χ1n) is 13.8. The number of amides is 1. The van der Waals surface area contributed by atoms with Gasteiger partial charge in [-0.15, -0.1) is 0 Å². The summed E-state index contributed by atoms with van der Waals surface area (Å²) in [6, 6.07) is 8.99. The molecule has 0 bridgehead atoms. The number of halogens is 2. The average Bonchev–Trinajstić information content (AvgIpc) is 2.91. The molecule has 2 saturated heterocycles. The van der Waals surface area contributed by atoms with Gasteiger partial charge < -0.3 is 16.0 Å². The van der Waals surface area contributed by atoms with Crippen molar-refractivity contribution in [3.8, 4) is 0 Å². The molecule has 0 radical (unpaired) electrons. The Morgan fingerprint density at radius 3 is 2.45 bits per heavy atom. The van der Waals surface area contributed by atoms with Crippen molar-refractivity contribution in [2.45, 2.75) is 51.2 Å². The largest absolute Gasteiger partial charge is 0.382 e. The van der Waals surface area contributed by atoms with E-state index in [1.54, 1.807) is 0 Å². The Bertz CT molecular complexity index is 1270. The molecule has 2 fully saturated rings. The Morgan fingerprint density at radius 1 is 1.10 bits per heavy atom. The molecule has 1 atom stereocenters. The van der Waals surface area contributed by atoms with Crippen LogP contribution in [0.5, 0.6) is 0 Å². The molecule has 220 valence electrons. The molecule has 13 heteroatoms. The van der Waals surface area contributed by atoms with Gasteiger partial charge in [-0.2, -0.15) is 0 Å². The summed E-state index contributed by atoms with van der Waals surface area (Å²) in [4.78, 5) is 28.5. The molecular formula is C27H39Cl2N7O3S. The van der Waals surface area contributed by atoms with Gasteiger partial charge in [0.05, 0.1) is 5.75 Å². The van der Waals surface area contributed by atoms with Crippen molar-refractivity contribution in [1.29, 1.82) is 0 Å². The number of anilines is 2. The molecule has 2 aliphatic rings. The van der Waals surface area contributed by atoms with Gasteiger partial charge in [-0.05, 0) is 50.0 Å². The predicted molar refractivity (Wildman–Crippen MR) is 161 cm³/mol. The van der Waals surface area contributed by atoms with Crippen LogP contribution >= 0.6 is 23.2 Å². The molecule has 0 saturated carbocycles. The van der Waals surface area contributed by atoms with Gasteiger partial charge >= 0.3 is 0 Å². The van der Waals surface area contributed by atoms with Crippen LogP contribution in [0.1, 0.15) is 48.7 Å². The quantitative estimate of drug-likeness (QED) is 0.417. The van der Waals surface area contributed by atoms with Crippen LogP contribution in [-0.4, -0.2) is 97.5 Å². The normalized spacial score (nSPS) is 19.6. The number of piperazine rings is 1. The molecule has 3 heterocycles. The summed E-state index contributed by atoms with van der Waals surface area (Å²) in [7, 11) is -3.21. The van der Waals surface area contributed by atoms with E-state index in [0.717, 1.165) is 76.2 Å². The maximum Gasteiger partial charge on any atom is 0.273 e. The third-order valence-electron chi connectivity index (χ3n) is 7.63. The third kappa shape index (κ3) is 8.19. The smallest absolute Gasteiger partial charge is 0.273 e. The minimum absolute atomic E-state index is 0.0289. The summed E-state index contributed by atoms with van der Waals surface area (Å²) in [5, 5.41) is 3.40. The van der Waals surface area contributed by atoms with Crippen LogP contribution in [0.4, 0.5) is 11.6 Å². The first-order valence-corrected chi connectivity index (χ1v) is 16.6. The van der Waals surface area contributed by atoms with Crippen LogP contribution in [0.3, 0.4) is 0 Å². The first kappa shape index (κ1) is 30.8. The second-order valence-electron chi connectivity index (χ2n) is 10.7. The Hall–Kier alpha value is -2.18. The first-order chi connectivity index (χ1) is 19.0. The molecule has 0 spiro atoms. The topological polar surface area (TPSA) is 125 Å². The van der Waals surface area contributed by atoms with E-state index in [2.05, 4.69) is 49.0 Å². The molecule has 3 N–H and O–H groups in total. The number of carbonyl (C=O) groups is 1. The number of sulfone groups is 1. The van der Waals surface area contributed by atoms with Crippen molar-refractivity contribution in [2.24, 2.45) is 0 Å². The van der Waals surface area contributed by atoms with Crippen LogP contribution in [0.2, 0.25) is 10.2 Å². The third-order valence-corrected chi connectivity index (χ3v) is 9.08. The lowest BCUT2D eigenvalue weighted by atomic mass is 9.97. The summed E-state index contributed by atoms with van der Waals surface area (Å²) < 4.78 is 22.7. The molecule has 10 nitrogen and oxygen atoms in total. The molecule has 1 aromatic heterocycles. The molecule has 4 rings (SSSR count). The number of likely N-dealkylation sites (tertiary alicyclic amines) is 1. The van der Waals surface area contributed by atoms with E-state index >= 15 is 0 Å². The van der Waals surface area contributed by atoms with E-state index < -0.39 is 15.7 Å². The number of aromatic nitrogens is 2. The second kappa shape index (κ2) is 13.7. The van der Waals surface area contributed by atoms with Gasteiger partial charge in [-0.3, -0.25) is 14.6 Å². The maximum atomic E-state index is 12.5. The van der Waals surface area contributed by atoms with Gasteiger partial charge in [0.15, 0.2) is 22.5 Å². The summed E-state index contributed by atoms with van der Waals surface area (Å²) in [5.74, 6) is -0.329. The number of nitrogens with zero attached hydrogens (tertiary/aromatic N) is 5. The molecular weight excluding hydrogens is 573 g/mol. The lowest BCUT2D eigenvalue weighted by Crippen LogP contribution is -2.58. The monoisotopic (exact) mass is 611 g/mol. The highest BCUT2D eigenvalue weighted by molar-refractivity contribution is 7.90. The van der Waals surface area contributed by atoms with E-state index in [-0.39, 0.29) is 29.0 Å². The Labute approximate surface area is 247 Å². The van der Waals surface area contributed by atoms with Gasteiger partial charge in [-0.1, -0.05) is 48.7 Å². The molecule has 1 amide bonds. The van der Waals surface area contributed by atoms with Crippen molar-refractivity contribution in [3.05, 3.63) is 45.7 Å². The Morgan fingerprint density at radius 2 is 1.80 bits per heavy atom. The van der Waals surface area contributed by atoms with E-state index in [4.69, 9.17) is 28.9 Å². The van der Waals surface area contributed by atoms with Crippen LogP contribution < -0.4 is 16.0 Å². The molecule has 1 aromatic carbocycles. The van der Waals surface area contributed by atoms with Gasteiger partial charge in [0.2, 0.25) is 0 Å².